The minimum Gasteiger partial charge on any atom is -0.316 e. The van der Waals surface area contributed by atoms with Crippen LogP contribution in [0.4, 0.5) is 0 Å². The van der Waals surface area contributed by atoms with Gasteiger partial charge in [0.15, 0.2) is 0 Å². The summed E-state index contributed by atoms with van der Waals surface area (Å²) >= 11 is 2.14. The Kier molecular flexibility index (Phi) is 1.68. The highest BCUT2D eigenvalue weighted by molar-refractivity contribution is 7.99. The third-order valence-electron chi connectivity index (χ3n) is 2.43. The summed E-state index contributed by atoms with van der Waals surface area (Å²) in [5.74, 6) is 4.93. The van der Waals surface area contributed by atoms with Gasteiger partial charge in [-0.3, -0.25) is 0 Å². The average Bonchev–Trinajstić information content (AvgIpc) is 2.33. The zero-order valence-corrected chi connectivity index (χ0v) is 6.41. The van der Waals surface area contributed by atoms with Gasteiger partial charge in [0.2, 0.25) is 0 Å². The summed E-state index contributed by atoms with van der Waals surface area (Å²) in [6.45, 7) is 2.55. The smallest absolute Gasteiger partial charge is 0.000966 e. The molecule has 1 N–H and O–H groups in total. The Morgan fingerprint density at radius 3 is 3.00 bits per heavy atom. The monoisotopic (exact) mass is 143 g/mol. The molecule has 0 aromatic carbocycles. The van der Waals surface area contributed by atoms with E-state index in [9.17, 15) is 0 Å². The highest BCUT2D eigenvalue weighted by Crippen LogP contribution is 2.33. The van der Waals surface area contributed by atoms with Crippen LogP contribution in [0.1, 0.15) is 6.42 Å². The molecule has 2 heteroatoms. The van der Waals surface area contributed by atoms with Crippen molar-refractivity contribution in [2.45, 2.75) is 6.42 Å². The van der Waals surface area contributed by atoms with Gasteiger partial charge in [-0.05, 0) is 42.9 Å². The molecule has 2 heterocycles. The van der Waals surface area contributed by atoms with E-state index >= 15 is 0 Å². The lowest BCUT2D eigenvalue weighted by Gasteiger charge is -2.24. The molecule has 2 aliphatic rings. The molecule has 1 nitrogen and oxygen atoms in total. The van der Waals surface area contributed by atoms with Gasteiger partial charge in [-0.2, -0.15) is 11.8 Å². The van der Waals surface area contributed by atoms with E-state index in [0.717, 1.165) is 11.8 Å². The summed E-state index contributed by atoms with van der Waals surface area (Å²) in [7, 11) is 0. The largest absolute Gasteiger partial charge is 0.316 e. The number of fused-ring (bicyclic) bond motifs is 1. The summed E-state index contributed by atoms with van der Waals surface area (Å²) < 4.78 is 0. The van der Waals surface area contributed by atoms with Gasteiger partial charge < -0.3 is 5.32 Å². The van der Waals surface area contributed by atoms with E-state index < -0.39 is 0 Å². The molecule has 0 aromatic heterocycles. The molecule has 0 radical (unpaired) electrons. The maximum atomic E-state index is 3.44. The van der Waals surface area contributed by atoms with Crippen LogP contribution in [0.5, 0.6) is 0 Å². The molecule has 2 aliphatic heterocycles. The quantitative estimate of drug-likeness (QED) is 0.542. The highest BCUT2D eigenvalue weighted by atomic mass is 32.2. The van der Waals surface area contributed by atoms with Crippen molar-refractivity contribution in [3.63, 3.8) is 0 Å². The Labute approximate surface area is 60.6 Å². The van der Waals surface area contributed by atoms with Crippen LogP contribution in [0.3, 0.4) is 0 Å². The average molecular weight is 143 g/mol. The summed E-state index contributed by atoms with van der Waals surface area (Å²) in [5, 5.41) is 3.44. The van der Waals surface area contributed by atoms with Crippen LogP contribution in [-0.4, -0.2) is 24.6 Å². The molecule has 2 fully saturated rings. The molecule has 2 atom stereocenters. The van der Waals surface area contributed by atoms with Crippen LogP contribution < -0.4 is 5.32 Å². The molecular formula is C7H13NS. The van der Waals surface area contributed by atoms with Crippen molar-refractivity contribution in [2.24, 2.45) is 11.8 Å². The first-order valence-corrected chi connectivity index (χ1v) is 4.91. The Bertz CT molecular complexity index is 93.1. The second-order valence-corrected chi connectivity index (χ2v) is 4.13. The van der Waals surface area contributed by atoms with E-state index in [1.807, 2.05) is 0 Å². The fourth-order valence-corrected chi connectivity index (χ4v) is 3.33. The number of thioether (sulfide) groups is 1. The first kappa shape index (κ1) is 6.05. The lowest BCUT2D eigenvalue weighted by Crippen LogP contribution is -2.35. The van der Waals surface area contributed by atoms with Gasteiger partial charge in [0.05, 0.1) is 0 Å². The predicted molar refractivity (Wildman–Crippen MR) is 41.8 cm³/mol. The molecule has 52 valence electrons. The van der Waals surface area contributed by atoms with Crippen molar-refractivity contribution >= 4 is 11.8 Å². The molecule has 0 aliphatic carbocycles. The van der Waals surface area contributed by atoms with Crippen molar-refractivity contribution in [3.8, 4) is 0 Å². The second-order valence-electron chi connectivity index (χ2n) is 3.05. The van der Waals surface area contributed by atoms with Crippen LogP contribution in [0.25, 0.3) is 0 Å². The summed E-state index contributed by atoms with van der Waals surface area (Å²) in [4.78, 5) is 0. The number of piperidine rings is 1. The van der Waals surface area contributed by atoms with Gasteiger partial charge in [0.25, 0.3) is 0 Å². The Balaban J connectivity index is 1.97. The second kappa shape index (κ2) is 2.51. The van der Waals surface area contributed by atoms with Gasteiger partial charge in [-0.1, -0.05) is 0 Å². The normalized spacial score (nSPS) is 42.7. The molecule has 0 spiro atoms. The number of hydrogen-bond acceptors (Lipinski definition) is 2. The van der Waals surface area contributed by atoms with Crippen molar-refractivity contribution < 1.29 is 0 Å². The molecule has 9 heavy (non-hydrogen) atoms. The minimum absolute atomic E-state index is 1.02. The third kappa shape index (κ3) is 1.10. The van der Waals surface area contributed by atoms with Crippen LogP contribution in [0, 0.1) is 11.8 Å². The summed E-state index contributed by atoms with van der Waals surface area (Å²) in [6.07, 6.45) is 1.43. The molecule has 0 bridgehead atoms. The van der Waals surface area contributed by atoms with Crippen molar-refractivity contribution in [1.29, 1.82) is 0 Å². The van der Waals surface area contributed by atoms with E-state index in [1.165, 1.54) is 31.0 Å². The van der Waals surface area contributed by atoms with E-state index in [0.29, 0.717) is 0 Å². The third-order valence-corrected chi connectivity index (χ3v) is 3.76. The van der Waals surface area contributed by atoms with Crippen LogP contribution in [-0.2, 0) is 0 Å². The Hall–Kier alpha value is 0.310. The highest BCUT2D eigenvalue weighted by Gasteiger charge is 2.29. The number of rotatable bonds is 0. The van der Waals surface area contributed by atoms with Gasteiger partial charge in [-0.25, -0.2) is 0 Å². The van der Waals surface area contributed by atoms with E-state index in [1.54, 1.807) is 0 Å². The maximum absolute atomic E-state index is 3.44. The van der Waals surface area contributed by atoms with Crippen LogP contribution >= 0.6 is 11.8 Å². The first-order valence-electron chi connectivity index (χ1n) is 3.75. The number of hydrogen-bond donors (Lipinski definition) is 1. The molecule has 2 saturated heterocycles. The Morgan fingerprint density at radius 1 is 1.22 bits per heavy atom. The Morgan fingerprint density at radius 2 is 2.11 bits per heavy atom. The van der Waals surface area contributed by atoms with E-state index in [4.69, 9.17) is 0 Å². The fourth-order valence-electron chi connectivity index (χ4n) is 1.76. The van der Waals surface area contributed by atoms with Gasteiger partial charge in [0.1, 0.15) is 0 Å². The maximum Gasteiger partial charge on any atom is -0.000966 e. The SMILES string of the molecule is C1C[C@@H]2CSC[C@H]2CN1. The minimum atomic E-state index is 1.02. The van der Waals surface area contributed by atoms with Gasteiger partial charge in [-0.15, -0.1) is 0 Å². The first-order chi connectivity index (χ1) is 4.47. The van der Waals surface area contributed by atoms with E-state index in [-0.39, 0.29) is 0 Å². The van der Waals surface area contributed by atoms with E-state index in [2.05, 4.69) is 17.1 Å². The topological polar surface area (TPSA) is 12.0 Å². The predicted octanol–water partition coefficient (Wildman–Crippen LogP) is 0.959. The molecular weight excluding hydrogens is 130 g/mol. The zero-order valence-electron chi connectivity index (χ0n) is 5.60. The molecule has 0 aromatic rings. The number of nitrogens with one attached hydrogen (secondary N) is 1. The lowest BCUT2D eigenvalue weighted by atomic mass is 9.90. The molecule has 2 rings (SSSR count). The molecule has 0 saturated carbocycles. The van der Waals surface area contributed by atoms with Crippen molar-refractivity contribution in [3.05, 3.63) is 0 Å². The van der Waals surface area contributed by atoms with Gasteiger partial charge >= 0.3 is 0 Å². The molecule has 0 unspecified atom stereocenters. The van der Waals surface area contributed by atoms with Crippen LogP contribution in [0.15, 0.2) is 0 Å². The van der Waals surface area contributed by atoms with Gasteiger partial charge in [0, 0.05) is 0 Å². The summed E-state index contributed by atoms with van der Waals surface area (Å²) in [6, 6.07) is 0. The van der Waals surface area contributed by atoms with Crippen LogP contribution in [0.2, 0.25) is 0 Å². The zero-order chi connectivity index (χ0) is 6.10. The molecule has 0 amide bonds. The lowest BCUT2D eigenvalue weighted by molar-refractivity contribution is 0.318. The standard InChI is InChI=1S/C7H13NS/c1-2-8-3-7-5-9-4-6(1)7/h6-8H,1-5H2/t6-,7-/m1/s1. The summed E-state index contributed by atoms with van der Waals surface area (Å²) in [5.41, 5.74) is 0. The van der Waals surface area contributed by atoms with Crippen molar-refractivity contribution in [2.75, 3.05) is 24.6 Å². The van der Waals surface area contributed by atoms with Crippen molar-refractivity contribution in [1.82, 2.24) is 5.32 Å². The fraction of sp³-hybridized carbons (Fsp3) is 1.00.